The molecule has 0 bridgehead atoms. The first-order chi connectivity index (χ1) is 8.04. The van der Waals surface area contributed by atoms with Crippen LogP contribution in [0.5, 0.6) is 0 Å². The first-order valence-corrected chi connectivity index (χ1v) is 6.64. The van der Waals surface area contributed by atoms with Crippen LogP contribution in [0, 0.1) is 12.8 Å². The van der Waals surface area contributed by atoms with Crippen LogP contribution >= 0.6 is 34.8 Å². The molecule has 0 saturated carbocycles. The third kappa shape index (κ3) is 2.40. The van der Waals surface area contributed by atoms with E-state index in [2.05, 4.69) is 0 Å². The minimum Gasteiger partial charge on any atom is -0.309 e. The number of carbonyl (C=O) groups excluding carboxylic acids is 1. The summed E-state index contributed by atoms with van der Waals surface area (Å²) in [7, 11) is 0. The molecule has 2 nitrogen and oxygen atoms in total. The van der Waals surface area contributed by atoms with E-state index in [9.17, 15) is 4.79 Å². The Morgan fingerprint density at radius 1 is 1.41 bits per heavy atom. The summed E-state index contributed by atoms with van der Waals surface area (Å²) < 4.78 is 0. The molecule has 1 aliphatic heterocycles. The summed E-state index contributed by atoms with van der Waals surface area (Å²) >= 11 is 18.1. The van der Waals surface area contributed by atoms with Crippen LogP contribution in [0.2, 0.25) is 10.0 Å². The van der Waals surface area contributed by atoms with Crippen molar-refractivity contribution in [2.24, 2.45) is 5.92 Å². The second-order valence-corrected chi connectivity index (χ2v) is 5.35. The van der Waals surface area contributed by atoms with Gasteiger partial charge in [0.2, 0.25) is 5.91 Å². The third-order valence-electron chi connectivity index (χ3n) is 2.95. The number of amides is 1. The van der Waals surface area contributed by atoms with E-state index in [0.717, 1.165) is 5.56 Å². The summed E-state index contributed by atoms with van der Waals surface area (Å²) in [5.74, 6) is 0.686. The van der Waals surface area contributed by atoms with Gasteiger partial charge in [-0.3, -0.25) is 4.79 Å². The molecule has 1 amide bonds. The Morgan fingerprint density at radius 3 is 2.71 bits per heavy atom. The molecule has 0 spiro atoms. The molecule has 1 atom stereocenters. The molecule has 0 radical (unpaired) electrons. The Labute approximate surface area is 115 Å². The zero-order chi connectivity index (χ0) is 12.6. The van der Waals surface area contributed by atoms with E-state index >= 15 is 0 Å². The SMILES string of the molecule is Cc1ccc(Cl)c(N2CC(CCl)CC2=O)c1Cl. The van der Waals surface area contributed by atoms with Crippen molar-refractivity contribution in [3.63, 3.8) is 0 Å². The van der Waals surface area contributed by atoms with E-state index < -0.39 is 0 Å². The predicted molar refractivity (Wildman–Crippen MR) is 72.4 cm³/mol. The highest BCUT2D eigenvalue weighted by atomic mass is 35.5. The molecule has 92 valence electrons. The van der Waals surface area contributed by atoms with Gasteiger partial charge in [-0.2, -0.15) is 0 Å². The number of anilines is 1. The zero-order valence-corrected chi connectivity index (χ0v) is 11.6. The van der Waals surface area contributed by atoms with Crippen LogP contribution in [-0.4, -0.2) is 18.3 Å². The highest BCUT2D eigenvalue weighted by Gasteiger charge is 2.32. The van der Waals surface area contributed by atoms with Gasteiger partial charge in [0.25, 0.3) is 0 Å². The van der Waals surface area contributed by atoms with Crippen LogP contribution < -0.4 is 4.90 Å². The maximum atomic E-state index is 11.9. The fourth-order valence-electron chi connectivity index (χ4n) is 1.99. The highest BCUT2D eigenvalue weighted by molar-refractivity contribution is 6.40. The summed E-state index contributed by atoms with van der Waals surface area (Å²) in [6, 6.07) is 3.60. The predicted octanol–water partition coefficient (Wildman–Crippen LogP) is 3.89. The van der Waals surface area contributed by atoms with E-state index in [1.807, 2.05) is 13.0 Å². The molecular weight excluding hydrogens is 280 g/mol. The molecule has 1 aromatic rings. The van der Waals surface area contributed by atoms with Crippen molar-refractivity contribution in [1.29, 1.82) is 0 Å². The Kier molecular flexibility index (Phi) is 3.86. The molecule has 0 N–H and O–H groups in total. The Hall–Kier alpha value is -0.440. The molecule has 1 unspecified atom stereocenters. The Balaban J connectivity index is 2.41. The second-order valence-electron chi connectivity index (χ2n) is 4.26. The van der Waals surface area contributed by atoms with Gasteiger partial charge in [0.05, 0.1) is 15.7 Å². The molecule has 0 aromatic heterocycles. The van der Waals surface area contributed by atoms with E-state index in [4.69, 9.17) is 34.8 Å². The third-order valence-corrected chi connectivity index (χ3v) is 4.17. The van der Waals surface area contributed by atoms with Crippen LogP contribution in [0.25, 0.3) is 0 Å². The molecule has 17 heavy (non-hydrogen) atoms. The number of rotatable bonds is 2. The fourth-order valence-corrected chi connectivity index (χ4v) is 2.77. The quantitative estimate of drug-likeness (QED) is 0.757. The summed E-state index contributed by atoms with van der Waals surface area (Å²) in [4.78, 5) is 13.6. The summed E-state index contributed by atoms with van der Waals surface area (Å²) in [5.41, 5.74) is 1.53. The lowest BCUT2D eigenvalue weighted by molar-refractivity contribution is -0.117. The average molecular weight is 293 g/mol. The minimum absolute atomic E-state index is 0.0325. The first kappa shape index (κ1) is 13.0. The largest absolute Gasteiger partial charge is 0.309 e. The zero-order valence-electron chi connectivity index (χ0n) is 9.34. The van der Waals surface area contributed by atoms with Gasteiger partial charge in [0.15, 0.2) is 0 Å². The van der Waals surface area contributed by atoms with E-state index in [1.165, 1.54) is 0 Å². The molecule has 1 aliphatic rings. The number of nitrogens with zero attached hydrogens (tertiary/aromatic N) is 1. The lowest BCUT2D eigenvalue weighted by Gasteiger charge is -2.20. The van der Waals surface area contributed by atoms with Crippen LogP contribution in [-0.2, 0) is 4.79 Å². The monoisotopic (exact) mass is 291 g/mol. The number of benzene rings is 1. The van der Waals surface area contributed by atoms with Crippen LogP contribution in [0.1, 0.15) is 12.0 Å². The number of aryl methyl sites for hydroxylation is 1. The first-order valence-electron chi connectivity index (χ1n) is 5.35. The Morgan fingerprint density at radius 2 is 2.12 bits per heavy atom. The fraction of sp³-hybridized carbons (Fsp3) is 0.417. The van der Waals surface area contributed by atoms with E-state index in [-0.39, 0.29) is 11.8 Å². The second kappa shape index (κ2) is 5.05. The average Bonchev–Trinajstić information content (AvgIpc) is 2.66. The highest BCUT2D eigenvalue weighted by Crippen LogP contribution is 2.39. The van der Waals surface area contributed by atoms with Crippen LogP contribution in [0.4, 0.5) is 5.69 Å². The van der Waals surface area contributed by atoms with Gasteiger partial charge in [-0.15, -0.1) is 11.6 Å². The van der Waals surface area contributed by atoms with Crippen molar-refractivity contribution in [3.05, 3.63) is 27.7 Å². The molecule has 1 saturated heterocycles. The van der Waals surface area contributed by atoms with Crippen molar-refractivity contribution >= 4 is 46.4 Å². The smallest absolute Gasteiger partial charge is 0.227 e. The standard InChI is InChI=1S/C12H12Cl3NO/c1-7-2-3-9(14)12(11(7)15)16-6-8(5-13)4-10(16)17/h2-3,8H,4-6H2,1H3. The molecule has 2 rings (SSSR count). The van der Waals surface area contributed by atoms with Gasteiger partial charge in [0.1, 0.15) is 0 Å². The van der Waals surface area contributed by atoms with Crippen molar-refractivity contribution < 1.29 is 4.79 Å². The lowest BCUT2D eigenvalue weighted by Crippen LogP contribution is -2.25. The number of hydrogen-bond donors (Lipinski definition) is 0. The van der Waals surface area contributed by atoms with E-state index in [1.54, 1.807) is 11.0 Å². The van der Waals surface area contributed by atoms with Gasteiger partial charge in [-0.05, 0) is 24.5 Å². The molecule has 0 aliphatic carbocycles. The minimum atomic E-state index is 0.0325. The Bertz CT molecular complexity index is 461. The summed E-state index contributed by atoms with van der Waals surface area (Å²) in [6.45, 7) is 2.48. The lowest BCUT2D eigenvalue weighted by atomic mass is 10.1. The number of carbonyl (C=O) groups is 1. The van der Waals surface area contributed by atoms with E-state index in [0.29, 0.717) is 34.6 Å². The molecule has 1 fully saturated rings. The molecule has 5 heteroatoms. The maximum Gasteiger partial charge on any atom is 0.227 e. The normalized spacial score (nSPS) is 20.1. The maximum absolute atomic E-state index is 11.9. The van der Waals surface area contributed by atoms with Crippen molar-refractivity contribution in [2.45, 2.75) is 13.3 Å². The summed E-state index contributed by atoms with van der Waals surface area (Å²) in [6.07, 6.45) is 0.462. The van der Waals surface area contributed by atoms with Gasteiger partial charge in [-0.25, -0.2) is 0 Å². The molecular formula is C12H12Cl3NO. The molecule has 1 aromatic carbocycles. The van der Waals surface area contributed by atoms with Crippen molar-refractivity contribution in [1.82, 2.24) is 0 Å². The number of hydrogen-bond acceptors (Lipinski definition) is 1. The van der Waals surface area contributed by atoms with Crippen LogP contribution in [0.15, 0.2) is 12.1 Å². The number of alkyl halides is 1. The summed E-state index contributed by atoms with van der Waals surface area (Å²) in [5, 5.41) is 1.05. The van der Waals surface area contributed by atoms with Gasteiger partial charge in [0, 0.05) is 18.8 Å². The van der Waals surface area contributed by atoms with Crippen molar-refractivity contribution in [2.75, 3.05) is 17.3 Å². The number of halogens is 3. The molecule has 1 heterocycles. The van der Waals surface area contributed by atoms with Gasteiger partial charge < -0.3 is 4.90 Å². The van der Waals surface area contributed by atoms with Crippen molar-refractivity contribution in [3.8, 4) is 0 Å². The topological polar surface area (TPSA) is 20.3 Å². The van der Waals surface area contributed by atoms with Gasteiger partial charge >= 0.3 is 0 Å². The van der Waals surface area contributed by atoms with Crippen LogP contribution in [0.3, 0.4) is 0 Å². The van der Waals surface area contributed by atoms with Gasteiger partial charge in [-0.1, -0.05) is 29.3 Å².